The molecule has 3 aliphatic rings. The molecule has 0 bridgehead atoms. The molecule has 0 aromatic heterocycles. The maximum atomic E-state index is 12.7. The van der Waals surface area contributed by atoms with Gasteiger partial charge in [0.05, 0.1) is 16.1 Å². The molecule has 0 atom stereocenters. The Morgan fingerprint density at radius 2 is 1.66 bits per heavy atom. The highest BCUT2D eigenvalue weighted by molar-refractivity contribution is 6.22. The van der Waals surface area contributed by atoms with E-state index in [0.29, 0.717) is 25.9 Å². The van der Waals surface area contributed by atoms with Gasteiger partial charge in [0.15, 0.2) is 0 Å². The molecular formula is C22H26N4O6. The molecule has 1 saturated heterocycles. The topological polar surface area (TPSA) is 130 Å². The fraction of sp³-hybridized carbons (Fsp3) is 0.545. The zero-order valence-electron chi connectivity index (χ0n) is 17.7. The summed E-state index contributed by atoms with van der Waals surface area (Å²) in [5, 5.41) is 13.8. The Morgan fingerprint density at radius 1 is 1.00 bits per heavy atom. The normalized spacial score (nSPS) is 19.8. The quantitative estimate of drug-likeness (QED) is 0.421. The molecule has 1 saturated carbocycles. The van der Waals surface area contributed by atoms with Crippen molar-refractivity contribution in [3.63, 3.8) is 0 Å². The van der Waals surface area contributed by atoms with Gasteiger partial charge in [0, 0.05) is 37.2 Å². The number of carbonyl (C=O) groups excluding carboxylic acids is 4. The van der Waals surface area contributed by atoms with Gasteiger partial charge in [-0.1, -0.05) is 19.3 Å². The molecule has 0 unspecified atom stereocenters. The lowest BCUT2D eigenvalue weighted by molar-refractivity contribution is -0.384. The summed E-state index contributed by atoms with van der Waals surface area (Å²) in [4.78, 5) is 63.2. The third-order valence-electron chi connectivity index (χ3n) is 6.59. The van der Waals surface area contributed by atoms with E-state index in [0.717, 1.165) is 42.7 Å². The highest BCUT2D eigenvalue weighted by Gasteiger charge is 2.38. The Labute approximate surface area is 185 Å². The Bertz CT molecular complexity index is 963. The molecule has 2 aliphatic heterocycles. The van der Waals surface area contributed by atoms with Crippen molar-refractivity contribution >= 4 is 29.3 Å². The van der Waals surface area contributed by atoms with Gasteiger partial charge in [-0.3, -0.25) is 34.2 Å². The summed E-state index contributed by atoms with van der Waals surface area (Å²) in [5.41, 5.74) is -0.291. The predicted octanol–water partition coefficient (Wildman–Crippen LogP) is 1.88. The highest BCUT2D eigenvalue weighted by atomic mass is 16.6. The Morgan fingerprint density at radius 3 is 2.31 bits per heavy atom. The van der Waals surface area contributed by atoms with Gasteiger partial charge in [0.2, 0.25) is 11.8 Å². The molecule has 0 radical (unpaired) electrons. The number of fused-ring (bicyclic) bond motifs is 1. The molecule has 2 fully saturated rings. The molecule has 0 spiro atoms. The van der Waals surface area contributed by atoms with Crippen molar-refractivity contribution in [2.24, 2.45) is 5.92 Å². The predicted molar refractivity (Wildman–Crippen MR) is 113 cm³/mol. The van der Waals surface area contributed by atoms with Crippen LogP contribution in [0.4, 0.5) is 5.69 Å². The number of hydrogen-bond donors (Lipinski definition) is 1. The maximum Gasteiger partial charge on any atom is 0.270 e. The van der Waals surface area contributed by atoms with Crippen LogP contribution in [-0.2, 0) is 9.59 Å². The number of imide groups is 1. The number of piperidine rings is 1. The number of non-ortho nitro benzene ring substituents is 1. The minimum absolute atomic E-state index is 0.0583. The van der Waals surface area contributed by atoms with Crippen LogP contribution >= 0.6 is 0 Å². The lowest BCUT2D eigenvalue weighted by Gasteiger charge is -2.35. The largest absolute Gasteiger partial charge is 0.352 e. The van der Waals surface area contributed by atoms with Crippen LogP contribution in [0.1, 0.15) is 65.7 Å². The monoisotopic (exact) mass is 442 g/mol. The molecule has 1 N–H and O–H groups in total. The fourth-order valence-electron chi connectivity index (χ4n) is 4.80. The van der Waals surface area contributed by atoms with Crippen LogP contribution in [0.5, 0.6) is 0 Å². The van der Waals surface area contributed by atoms with Crippen molar-refractivity contribution in [1.29, 1.82) is 0 Å². The number of nitrogens with one attached hydrogen (secondary N) is 1. The first kappa shape index (κ1) is 21.9. The SMILES string of the molecule is O=C(CN1C(=O)c2ccc([N+](=O)[O-])cc2C1=O)NC1CCN(C(=O)C2CCCCC2)CC1. The number of amides is 4. The smallest absolute Gasteiger partial charge is 0.270 e. The number of rotatable bonds is 5. The number of nitrogens with zero attached hydrogens (tertiary/aromatic N) is 3. The number of carbonyl (C=O) groups is 4. The molecule has 1 aromatic carbocycles. The fourth-order valence-corrected chi connectivity index (χ4v) is 4.80. The lowest BCUT2D eigenvalue weighted by atomic mass is 9.87. The standard InChI is InChI=1S/C22H26N4O6/c27-19(13-25-21(29)17-7-6-16(26(31)32)12-18(17)22(25)30)23-15-8-10-24(11-9-15)20(28)14-4-2-1-3-5-14/h6-7,12,14-15H,1-5,8-11,13H2,(H,23,27). The summed E-state index contributed by atoms with van der Waals surface area (Å²) in [5.74, 6) is -1.47. The zero-order valence-corrected chi connectivity index (χ0v) is 17.7. The van der Waals surface area contributed by atoms with E-state index in [9.17, 15) is 29.3 Å². The van der Waals surface area contributed by atoms with Gasteiger partial charge in [0.1, 0.15) is 6.54 Å². The average Bonchev–Trinajstić information content (AvgIpc) is 3.04. The van der Waals surface area contributed by atoms with Gasteiger partial charge in [-0.15, -0.1) is 0 Å². The summed E-state index contributed by atoms with van der Waals surface area (Å²) >= 11 is 0. The van der Waals surface area contributed by atoms with Crippen LogP contribution in [0.2, 0.25) is 0 Å². The van der Waals surface area contributed by atoms with Crippen molar-refractivity contribution in [3.05, 3.63) is 39.4 Å². The van der Waals surface area contributed by atoms with Gasteiger partial charge >= 0.3 is 0 Å². The third kappa shape index (κ3) is 4.35. The van der Waals surface area contributed by atoms with Crippen molar-refractivity contribution in [3.8, 4) is 0 Å². The molecule has 10 nitrogen and oxygen atoms in total. The second-order valence-electron chi connectivity index (χ2n) is 8.69. The Hall–Kier alpha value is -3.30. The summed E-state index contributed by atoms with van der Waals surface area (Å²) in [7, 11) is 0. The molecule has 1 aromatic rings. The molecule has 2 heterocycles. The molecule has 170 valence electrons. The average molecular weight is 442 g/mol. The van der Waals surface area contributed by atoms with Gasteiger partial charge in [0.25, 0.3) is 17.5 Å². The summed E-state index contributed by atoms with van der Waals surface area (Å²) in [6, 6.07) is 3.34. The van der Waals surface area contributed by atoms with E-state index in [4.69, 9.17) is 0 Å². The maximum absolute atomic E-state index is 12.7. The highest BCUT2D eigenvalue weighted by Crippen LogP contribution is 2.28. The van der Waals surface area contributed by atoms with E-state index in [1.807, 2.05) is 4.90 Å². The lowest BCUT2D eigenvalue weighted by Crippen LogP contribution is -2.50. The van der Waals surface area contributed by atoms with Gasteiger partial charge in [-0.05, 0) is 31.7 Å². The molecule has 10 heteroatoms. The number of hydrogen-bond acceptors (Lipinski definition) is 6. The van der Waals surface area contributed by atoms with Gasteiger partial charge in [-0.2, -0.15) is 0 Å². The molecule has 1 aliphatic carbocycles. The van der Waals surface area contributed by atoms with E-state index in [-0.39, 0.29) is 34.7 Å². The first-order chi connectivity index (χ1) is 15.3. The van der Waals surface area contributed by atoms with Crippen LogP contribution in [0.3, 0.4) is 0 Å². The van der Waals surface area contributed by atoms with E-state index in [1.165, 1.54) is 12.5 Å². The van der Waals surface area contributed by atoms with Gasteiger partial charge in [-0.25, -0.2) is 0 Å². The van der Waals surface area contributed by atoms with E-state index in [1.54, 1.807) is 0 Å². The third-order valence-corrected chi connectivity index (χ3v) is 6.59. The van der Waals surface area contributed by atoms with Crippen LogP contribution < -0.4 is 5.32 Å². The van der Waals surface area contributed by atoms with E-state index >= 15 is 0 Å². The van der Waals surface area contributed by atoms with Gasteiger partial charge < -0.3 is 10.2 Å². The minimum Gasteiger partial charge on any atom is -0.352 e. The zero-order chi connectivity index (χ0) is 22.8. The molecule has 4 amide bonds. The summed E-state index contributed by atoms with van der Waals surface area (Å²) in [6.45, 7) is 0.718. The first-order valence-corrected chi connectivity index (χ1v) is 11.1. The molecule has 4 rings (SSSR count). The van der Waals surface area contributed by atoms with E-state index in [2.05, 4.69) is 5.32 Å². The Balaban J connectivity index is 1.29. The number of likely N-dealkylation sites (tertiary alicyclic amines) is 1. The summed E-state index contributed by atoms with van der Waals surface area (Å²) < 4.78 is 0. The second kappa shape index (κ2) is 9.05. The van der Waals surface area contributed by atoms with Crippen molar-refractivity contribution in [1.82, 2.24) is 15.1 Å². The number of nitro groups is 1. The van der Waals surface area contributed by atoms with E-state index < -0.39 is 29.2 Å². The first-order valence-electron chi connectivity index (χ1n) is 11.1. The van der Waals surface area contributed by atoms with Crippen LogP contribution in [0, 0.1) is 16.0 Å². The summed E-state index contributed by atoms with van der Waals surface area (Å²) in [6.07, 6.45) is 6.57. The van der Waals surface area contributed by atoms with Crippen molar-refractivity contribution in [2.75, 3.05) is 19.6 Å². The molecule has 32 heavy (non-hydrogen) atoms. The van der Waals surface area contributed by atoms with Crippen LogP contribution in [0.25, 0.3) is 0 Å². The molecular weight excluding hydrogens is 416 g/mol. The van der Waals surface area contributed by atoms with Crippen LogP contribution in [-0.4, -0.2) is 64.0 Å². The minimum atomic E-state index is -0.711. The van der Waals surface area contributed by atoms with Crippen molar-refractivity contribution in [2.45, 2.75) is 51.0 Å². The van der Waals surface area contributed by atoms with Crippen LogP contribution in [0.15, 0.2) is 18.2 Å². The Kier molecular flexibility index (Phi) is 6.20. The second-order valence-corrected chi connectivity index (χ2v) is 8.69. The van der Waals surface area contributed by atoms with Crippen molar-refractivity contribution < 1.29 is 24.1 Å². The number of benzene rings is 1. The number of nitro benzene ring substituents is 1.